The first-order chi connectivity index (χ1) is 14.1. The summed E-state index contributed by atoms with van der Waals surface area (Å²) in [6.07, 6.45) is 2.10. The van der Waals surface area contributed by atoms with Gasteiger partial charge in [-0.1, -0.05) is 6.07 Å². The Kier molecular flexibility index (Phi) is 5.12. The average Bonchev–Trinajstić information content (AvgIpc) is 3.02. The van der Waals surface area contributed by atoms with Crippen molar-refractivity contribution in [3.63, 3.8) is 0 Å². The minimum Gasteiger partial charge on any atom is -0.495 e. The molecule has 2 aromatic heterocycles. The van der Waals surface area contributed by atoms with Crippen LogP contribution in [0.3, 0.4) is 0 Å². The van der Waals surface area contributed by atoms with E-state index in [9.17, 15) is 14.0 Å². The summed E-state index contributed by atoms with van der Waals surface area (Å²) in [6.45, 7) is 1.39. The number of halogens is 1. The fourth-order valence-corrected chi connectivity index (χ4v) is 3.73. The van der Waals surface area contributed by atoms with Gasteiger partial charge >= 0.3 is 0 Å². The van der Waals surface area contributed by atoms with E-state index in [-0.39, 0.29) is 23.3 Å². The number of aromatic nitrogens is 2. The molecule has 8 heteroatoms. The lowest BCUT2D eigenvalue weighted by Gasteiger charge is -2.15. The van der Waals surface area contributed by atoms with E-state index >= 15 is 0 Å². The molecule has 1 aromatic carbocycles. The van der Waals surface area contributed by atoms with Crippen molar-refractivity contribution in [2.45, 2.75) is 13.0 Å². The van der Waals surface area contributed by atoms with Crippen molar-refractivity contribution in [3.8, 4) is 17.1 Å². The molecule has 0 atom stereocenters. The van der Waals surface area contributed by atoms with Crippen LogP contribution < -0.4 is 15.6 Å². The number of methoxy groups -OCH3 is 1. The van der Waals surface area contributed by atoms with Crippen LogP contribution in [0.15, 0.2) is 35.3 Å². The number of hydrogen-bond acceptors (Lipinski definition) is 6. The van der Waals surface area contributed by atoms with Crippen LogP contribution in [0.5, 0.6) is 5.75 Å². The number of rotatable bonds is 7. The van der Waals surface area contributed by atoms with Gasteiger partial charge in [0.25, 0.3) is 5.56 Å². The van der Waals surface area contributed by atoms with Crippen LogP contribution in [0.2, 0.25) is 0 Å². The first kappa shape index (κ1) is 19.2. The lowest BCUT2D eigenvalue weighted by atomic mass is 10.0. The molecule has 2 N–H and O–H groups in total. The molecule has 29 heavy (non-hydrogen) atoms. The third kappa shape index (κ3) is 3.20. The molecule has 0 aliphatic heterocycles. The Morgan fingerprint density at radius 3 is 2.79 bits per heavy atom. The highest BCUT2D eigenvalue weighted by Gasteiger charge is 2.34. The van der Waals surface area contributed by atoms with Crippen molar-refractivity contribution >= 4 is 16.6 Å². The van der Waals surface area contributed by atoms with E-state index in [2.05, 4.69) is 10.3 Å². The van der Waals surface area contributed by atoms with Crippen molar-refractivity contribution in [2.75, 3.05) is 26.8 Å². The van der Waals surface area contributed by atoms with E-state index < -0.39 is 5.82 Å². The molecule has 2 heterocycles. The number of hydrogen-bond donors (Lipinski definition) is 2. The molecule has 1 aliphatic rings. The number of nitrogens with one attached hydrogen (secondary N) is 1. The van der Waals surface area contributed by atoms with Gasteiger partial charge in [-0.05, 0) is 31.2 Å². The molecule has 1 aliphatic carbocycles. The zero-order chi connectivity index (χ0) is 20.5. The third-order valence-corrected chi connectivity index (χ3v) is 5.05. The molecule has 7 nitrogen and oxygen atoms in total. The fraction of sp³-hybridized carbons (Fsp3) is 0.286. The number of fused-ring (bicyclic) bond motifs is 5. The second-order valence-electron chi connectivity index (χ2n) is 6.80. The Morgan fingerprint density at radius 1 is 1.21 bits per heavy atom. The molecule has 3 aromatic rings. The molecular weight excluding hydrogens is 377 g/mol. The van der Waals surface area contributed by atoms with Gasteiger partial charge in [0.15, 0.2) is 5.78 Å². The van der Waals surface area contributed by atoms with E-state index in [1.807, 2.05) is 0 Å². The molecule has 0 spiro atoms. The summed E-state index contributed by atoms with van der Waals surface area (Å²) in [5, 5.41) is 12.5. The number of benzene rings is 1. The van der Waals surface area contributed by atoms with Crippen LogP contribution in [-0.2, 0) is 6.54 Å². The molecule has 0 fully saturated rings. The maximum atomic E-state index is 13.9. The second-order valence-corrected chi connectivity index (χ2v) is 6.80. The van der Waals surface area contributed by atoms with E-state index in [0.29, 0.717) is 59.7 Å². The molecular formula is C21H20FN3O4. The van der Waals surface area contributed by atoms with Gasteiger partial charge in [-0.2, -0.15) is 0 Å². The van der Waals surface area contributed by atoms with Crippen molar-refractivity contribution in [1.29, 1.82) is 0 Å². The van der Waals surface area contributed by atoms with Crippen LogP contribution in [0, 0.1) is 5.82 Å². The first-order valence-corrected chi connectivity index (χ1v) is 9.33. The normalized spacial score (nSPS) is 12.3. The van der Waals surface area contributed by atoms with Gasteiger partial charge in [0.05, 0.1) is 47.8 Å². The molecule has 4 rings (SSSR count). The fourth-order valence-electron chi connectivity index (χ4n) is 3.73. The molecule has 0 saturated heterocycles. The number of carbonyl (C=O) groups is 1. The summed E-state index contributed by atoms with van der Waals surface area (Å²) in [6, 6.07) is 5.49. The number of ketones is 1. The van der Waals surface area contributed by atoms with Crippen LogP contribution in [-0.4, -0.2) is 47.2 Å². The van der Waals surface area contributed by atoms with Crippen molar-refractivity contribution in [2.24, 2.45) is 0 Å². The molecule has 0 radical (unpaired) electrons. The molecule has 0 unspecified atom stereocenters. The van der Waals surface area contributed by atoms with Crippen molar-refractivity contribution in [3.05, 3.63) is 57.8 Å². The Bertz CT molecular complexity index is 1170. The largest absolute Gasteiger partial charge is 0.495 e. The van der Waals surface area contributed by atoms with E-state index in [1.54, 1.807) is 6.07 Å². The maximum absolute atomic E-state index is 13.9. The van der Waals surface area contributed by atoms with Crippen molar-refractivity contribution < 1.29 is 19.0 Å². The summed E-state index contributed by atoms with van der Waals surface area (Å²) >= 11 is 0. The van der Waals surface area contributed by atoms with Crippen LogP contribution in [0.1, 0.15) is 22.3 Å². The predicted molar refractivity (Wildman–Crippen MR) is 106 cm³/mol. The molecule has 0 bridgehead atoms. The summed E-state index contributed by atoms with van der Waals surface area (Å²) in [5.74, 6) is -0.346. The predicted octanol–water partition coefficient (Wildman–Crippen LogP) is 1.73. The Morgan fingerprint density at radius 2 is 2.03 bits per heavy atom. The van der Waals surface area contributed by atoms with Gasteiger partial charge in [-0.25, -0.2) is 4.39 Å². The number of aliphatic hydroxyl groups is 1. The highest BCUT2D eigenvalue weighted by Crippen LogP contribution is 2.39. The minimum atomic E-state index is -0.534. The van der Waals surface area contributed by atoms with E-state index in [0.717, 1.165) is 0 Å². The lowest BCUT2D eigenvalue weighted by molar-refractivity contribution is 0.104. The SMILES string of the molecule is COc1cnc2c(c1)C(=O)c1c-2n(CCCNCCO)c(=O)c2cc(F)ccc12. The van der Waals surface area contributed by atoms with E-state index in [4.69, 9.17) is 9.84 Å². The highest BCUT2D eigenvalue weighted by molar-refractivity contribution is 6.26. The topological polar surface area (TPSA) is 93.4 Å². The maximum Gasteiger partial charge on any atom is 0.259 e. The van der Waals surface area contributed by atoms with Gasteiger partial charge in [0.1, 0.15) is 11.6 Å². The third-order valence-electron chi connectivity index (χ3n) is 5.05. The van der Waals surface area contributed by atoms with Gasteiger partial charge in [-0.15, -0.1) is 0 Å². The lowest BCUT2D eigenvalue weighted by Crippen LogP contribution is -2.26. The summed E-state index contributed by atoms with van der Waals surface area (Å²) in [5.41, 5.74) is 1.25. The van der Waals surface area contributed by atoms with Gasteiger partial charge in [-0.3, -0.25) is 14.6 Å². The van der Waals surface area contributed by atoms with Crippen LogP contribution in [0.25, 0.3) is 22.2 Å². The Hall–Kier alpha value is -3.10. The number of aliphatic hydroxyl groups excluding tert-OH is 1. The van der Waals surface area contributed by atoms with Gasteiger partial charge in [0.2, 0.25) is 0 Å². The molecule has 0 saturated carbocycles. The number of nitrogens with zero attached hydrogens (tertiary/aromatic N) is 2. The monoisotopic (exact) mass is 397 g/mol. The second kappa shape index (κ2) is 7.73. The molecule has 150 valence electrons. The molecule has 0 amide bonds. The number of ether oxygens (including phenoxy) is 1. The number of pyridine rings is 2. The van der Waals surface area contributed by atoms with Crippen LogP contribution in [0.4, 0.5) is 4.39 Å². The summed E-state index contributed by atoms with van der Waals surface area (Å²) in [4.78, 5) is 30.7. The van der Waals surface area contributed by atoms with Gasteiger partial charge in [0, 0.05) is 18.5 Å². The van der Waals surface area contributed by atoms with Gasteiger partial charge < -0.3 is 19.7 Å². The number of carbonyl (C=O) groups excluding carboxylic acids is 1. The zero-order valence-electron chi connectivity index (χ0n) is 15.9. The smallest absolute Gasteiger partial charge is 0.259 e. The summed E-state index contributed by atoms with van der Waals surface area (Å²) < 4.78 is 20.5. The van der Waals surface area contributed by atoms with Crippen LogP contribution >= 0.6 is 0 Å². The first-order valence-electron chi connectivity index (χ1n) is 9.33. The van der Waals surface area contributed by atoms with E-state index in [1.165, 1.54) is 36.1 Å². The standard InChI is InChI=1S/C21H20FN3O4/c1-29-13-10-16-18(24-11-13)19-17(20(16)27)14-4-3-12(22)9-15(14)21(28)25(19)7-2-5-23-6-8-26/h3-4,9-11,23,26H,2,5-8H2,1H3. The Balaban J connectivity index is 1.91. The highest BCUT2D eigenvalue weighted by atomic mass is 19.1. The minimum absolute atomic E-state index is 0.0260. The quantitative estimate of drug-likeness (QED) is 0.462. The Labute approximate surface area is 165 Å². The summed E-state index contributed by atoms with van der Waals surface area (Å²) in [7, 11) is 1.49. The zero-order valence-corrected chi connectivity index (χ0v) is 15.9. The average molecular weight is 397 g/mol. The van der Waals surface area contributed by atoms with Crippen molar-refractivity contribution in [1.82, 2.24) is 14.9 Å².